The Hall–Kier alpha value is -3.76. The maximum absolute atomic E-state index is 12.3. The lowest BCUT2D eigenvalue weighted by molar-refractivity contribution is -0.138. The topological polar surface area (TPSA) is 133 Å². The zero-order valence-electron chi connectivity index (χ0n) is 19.7. The van der Waals surface area contributed by atoms with Gasteiger partial charge in [-0.15, -0.1) is 5.10 Å². The number of nitrogens with one attached hydrogen (secondary N) is 1. The average Bonchev–Trinajstić information content (AvgIpc) is 3.60. The number of carboxylic acids is 1. The summed E-state index contributed by atoms with van der Waals surface area (Å²) in [7, 11) is 0. The summed E-state index contributed by atoms with van der Waals surface area (Å²) in [4.78, 5) is 18.6. The van der Waals surface area contributed by atoms with Crippen LogP contribution in [-0.4, -0.2) is 52.4 Å². The van der Waals surface area contributed by atoms with Crippen LogP contribution in [0.15, 0.2) is 42.5 Å². The van der Waals surface area contributed by atoms with Gasteiger partial charge in [0.05, 0.1) is 18.0 Å². The minimum atomic E-state index is -0.913. The summed E-state index contributed by atoms with van der Waals surface area (Å²) >= 11 is 6.31. The largest absolute Gasteiger partial charge is 0.480 e. The van der Waals surface area contributed by atoms with Crippen LogP contribution in [0.25, 0.3) is 11.4 Å². The third-order valence-electron chi connectivity index (χ3n) is 6.52. The fourth-order valence-electron chi connectivity index (χ4n) is 4.81. The number of aliphatic carboxylic acids is 1. The van der Waals surface area contributed by atoms with Gasteiger partial charge in [0.1, 0.15) is 11.9 Å². The van der Waals surface area contributed by atoms with Gasteiger partial charge in [0, 0.05) is 30.6 Å². The van der Waals surface area contributed by atoms with Crippen LogP contribution in [0, 0.1) is 0 Å². The monoisotopic (exact) mass is 507 g/mol. The van der Waals surface area contributed by atoms with Crippen molar-refractivity contribution in [2.75, 3.05) is 4.90 Å². The van der Waals surface area contributed by atoms with E-state index in [1.807, 2.05) is 51.9 Å². The number of aliphatic hydroxyl groups is 1. The zero-order valence-corrected chi connectivity index (χ0v) is 20.5. The molecule has 5 rings (SSSR count). The van der Waals surface area contributed by atoms with Crippen molar-refractivity contribution in [2.45, 2.75) is 51.8 Å². The number of benzene rings is 2. The lowest BCUT2D eigenvalue weighted by Gasteiger charge is -2.26. The van der Waals surface area contributed by atoms with Gasteiger partial charge in [0.2, 0.25) is 0 Å². The van der Waals surface area contributed by atoms with Gasteiger partial charge in [0.25, 0.3) is 0 Å². The van der Waals surface area contributed by atoms with E-state index >= 15 is 0 Å². The van der Waals surface area contributed by atoms with Crippen molar-refractivity contribution in [3.8, 4) is 11.4 Å². The van der Waals surface area contributed by atoms with E-state index in [1.54, 1.807) is 0 Å². The van der Waals surface area contributed by atoms with Crippen LogP contribution < -0.4 is 4.90 Å². The number of hydrogen-bond donors (Lipinski definition) is 3. The second kappa shape index (κ2) is 10.1. The SMILES string of the molecule is CCCCc1nc(Cl)c(CO)n1Cc1ccc2c(c1)CC(C(=O)O)N2c1ccccc1-c1nnn[nH]1. The van der Waals surface area contributed by atoms with Crippen molar-refractivity contribution < 1.29 is 15.0 Å². The van der Waals surface area contributed by atoms with Gasteiger partial charge < -0.3 is 19.7 Å². The second-order valence-electron chi connectivity index (χ2n) is 8.77. The number of halogens is 1. The maximum atomic E-state index is 12.3. The van der Waals surface area contributed by atoms with Gasteiger partial charge in [-0.25, -0.2) is 14.9 Å². The predicted molar refractivity (Wildman–Crippen MR) is 134 cm³/mol. The number of unbranched alkanes of at least 4 members (excludes halogenated alkanes) is 1. The van der Waals surface area contributed by atoms with Crippen molar-refractivity contribution in [2.24, 2.45) is 0 Å². The average molecular weight is 508 g/mol. The number of para-hydroxylation sites is 1. The predicted octanol–water partition coefficient (Wildman–Crippen LogP) is 3.75. The first-order chi connectivity index (χ1) is 17.5. The van der Waals surface area contributed by atoms with Crippen molar-refractivity contribution in [1.29, 1.82) is 0 Å². The van der Waals surface area contributed by atoms with Gasteiger partial charge in [-0.2, -0.15) is 0 Å². The van der Waals surface area contributed by atoms with Crippen molar-refractivity contribution in [3.05, 3.63) is 70.3 Å². The molecule has 2 aromatic carbocycles. The third-order valence-corrected chi connectivity index (χ3v) is 6.83. The number of aliphatic hydroxyl groups excluding tert-OH is 1. The normalized spacial score (nSPS) is 14.9. The van der Waals surface area contributed by atoms with Crippen LogP contribution in [0.2, 0.25) is 5.15 Å². The first-order valence-corrected chi connectivity index (χ1v) is 12.2. The lowest BCUT2D eigenvalue weighted by atomic mass is 10.1. The summed E-state index contributed by atoms with van der Waals surface area (Å²) in [5.41, 5.74) is 4.74. The molecule has 1 aliphatic rings. The summed E-state index contributed by atoms with van der Waals surface area (Å²) in [5.74, 6) is 0.392. The fourth-order valence-corrected chi connectivity index (χ4v) is 5.07. The zero-order chi connectivity index (χ0) is 25.2. The molecule has 0 saturated heterocycles. The number of aromatic nitrogens is 6. The highest BCUT2D eigenvalue weighted by atomic mass is 35.5. The van der Waals surface area contributed by atoms with Crippen molar-refractivity contribution in [3.63, 3.8) is 0 Å². The molecule has 36 heavy (non-hydrogen) atoms. The Bertz CT molecular complexity index is 1390. The van der Waals surface area contributed by atoms with Crippen LogP contribution in [0.1, 0.15) is 42.4 Å². The molecule has 4 aromatic rings. The smallest absolute Gasteiger partial charge is 0.327 e. The van der Waals surface area contributed by atoms with Gasteiger partial charge in [0.15, 0.2) is 11.0 Å². The van der Waals surface area contributed by atoms with Crippen LogP contribution in [0.5, 0.6) is 0 Å². The van der Waals surface area contributed by atoms with E-state index in [0.717, 1.165) is 41.9 Å². The molecule has 3 N–H and O–H groups in total. The number of rotatable bonds is 9. The van der Waals surface area contributed by atoms with E-state index in [2.05, 4.69) is 32.5 Å². The lowest BCUT2D eigenvalue weighted by Crippen LogP contribution is -2.35. The summed E-state index contributed by atoms with van der Waals surface area (Å²) in [5, 5.41) is 34.4. The number of aromatic amines is 1. The number of H-pyrrole nitrogens is 1. The summed E-state index contributed by atoms with van der Waals surface area (Å²) in [6, 6.07) is 12.6. The second-order valence-corrected chi connectivity index (χ2v) is 9.13. The molecule has 3 heterocycles. The minimum Gasteiger partial charge on any atom is -0.480 e. The Balaban J connectivity index is 1.53. The van der Waals surface area contributed by atoms with E-state index in [4.69, 9.17) is 11.6 Å². The molecule has 2 aromatic heterocycles. The van der Waals surface area contributed by atoms with Gasteiger partial charge in [-0.1, -0.05) is 49.2 Å². The van der Waals surface area contributed by atoms with Crippen LogP contribution in [0.3, 0.4) is 0 Å². The Morgan fingerprint density at radius 2 is 2.06 bits per heavy atom. The number of hydrogen-bond acceptors (Lipinski definition) is 7. The molecule has 1 aliphatic heterocycles. The first-order valence-electron chi connectivity index (χ1n) is 11.8. The highest BCUT2D eigenvalue weighted by Gasteiger charge is 2.37. The molecule has 1 unspecified atom stereocenters. The van der Waals surface area contributed by atoms with Gasteiger partial charge in [-0.05, 0) is 46.2 Å². The molecule has 11 heteroatoms. The number of carboxylic acid groups (broad SMARTS) is 1. The van der Waals surface area contributed by atoms with Crippen LogP contribution in [-0.2, 0) is 30.8 Å². The Kier molecular flexibility index (Phi) is 6.71. The Morgan fingerprint density at radius 1 is 1.22 bits per heavy atom. The molecule has 186 valence electrons. The van der Waals surface area contributed by atoms with Crippen LogP contribution in [0.4, 0.5) is 11.4 Å². The molecule has 10 nitrogen and oxygen atoms in total. The number of fused-ring (bicyclic) bond motifs is 1. The maximum Gasteiger partial charge on any atom is 0.327 e. The summed E-state index contributed by atoms with van der Waals surface area (Å²) < 4.78 is 1.97. The molecule has 0 bridgehead atoms. The van der Waals surface area contributed by atoms with Crippen molar-refractivity contribution >= 4 is 28.9 Å². The number of tetrazole rings is 1. The molecular formula is C25H26ClN7O3. The van der Waals surface area contributed by atoms with E-state index in [-0.39, 0.29) is 6.61 Å². The molecule has 1 atom stereocenters. The molecular weight excluding hydrogens is 482 g/mol. The Labute approximate surface area is 212 Å². The summed E-state index contributed by atoms with van der Waals surface area (Å²) in [6.07, 6.45) is 3.11. The number of imidazole rings is 1. The standard InChI is InChI=1S/C25H26ClN7O3/c1-2-3-8-22-27-23(26)21(14-34)32(22)13-15-9-10-18-16(11-15)12-20(25(35)36)33(18)19-7-5-4-6-17(19)24-28-30-31-29-24/h4-7,9-11,20,34H,2-3,8,12-14H2,1H3,(H,35,36)(H,28,29,30,31). The van der Waals surface area contributed by atoms with E-state index in [0.29, 0.717) is 40.9 Å². The molecule has 0 amide bonds. The molecule has 0 radical (unpaired) electrons. The Morgan fingerprint density at radius 3 is 2.78 bits per heavy atom. The highest BCUT2D eigenvalue weighted by molar-refractivity contribution is 6.30. The number of anilines is 2. The van der Waals surface area contributed by atoms with E-state index < -0.39 is 12.0 Å². The third kappa shape index (κ3) is 4.33. The van der Waals surface area contributed by atoms with Crippen LogP contribution >= 0.6 is 11.6 Å². The van der Waals surface area contributed by atoms with E-state index in [1.165, 1.54) is 0 Å². The van der Waals surface area contributed by atoms with E-state index in [9.17, 15) is 15.0 Å². The molecule has 0 saturated carbocycles. The molecule has 0 spiro atoms. The highest BCUT2D eigenvalue weighted by Crippen LogP contribution is 2.42. The number of carbonyl (C=O) groups is 1. The number of aryl methyl sites for hydroxylation is 1. The fraction of sp³-hybridized carbons (Fsp3) is 0.320. The minimum absolute atomic E-state index is 0.203. The molecule has 0 aliphatic carbocycles. The summed E-state index contributed by atoms with van der Waals surface area (Å²) in [6.45, 7) is 2.40. The van der Waals surface area contributed by atoms with Crippen molar-refractivity contribution in [1.82, 2.24) is 30.2 Å². The van der Waals surface area contributed by atoms with Gasteiger partial charge >= 0.3 is 5.97 Å². The quantitative estimate of drug-likeness (QED) is 0.312. The van der Waals surface area contributed by atoms with Gasteiger partial charge in [-0.3, -0.25) is 0 Å². The number of nitrogens with zero attached hydrogens (tertiary/aromatic N) is 6. The first kappa shape index (κ1) is 24.0. The molecule has 0 fully saturated rings.